The minimum atomic E-state index is -0.844. The molecule has 4 heteroatoms. The van der Waals surface area contributed by atoms with Crippen LogP contribution in [0.3, 0.4) is 0 Å². The fraction of sp³-hybridized carbons (Fsp3) is 0.750. The minimum Gasteiger partial charge on any atom is -0.465 e. The van der Waals surface area contributed by atoms with E-state index < -0.39 is 6.09 Å². The molecule has 0 saturated heterocycles. The minimum absolute atomic E-state index is 0.0723. The fourth-order valence-corrected chi connectivity index (χ4v) is 2.16. The SMILES string of the molecule is CN(C(=O)O)C1CCC(CC#CCO)CC1. The van der Waals surface area contributed by atoms with Crippen molar-refractivity contribution < 1.29 is 15.0 Å². The molecule has 2 N–H and O–H groups in total. The van der Waals surface area contributed by atoms with Gasteiger partial charge in [-0.2, -0.15) is 0 Å². The molecule has 0 aliphatic heterocycles. The maximum Gasteiger partial charge on any atom is 0.407 e. The number of carbonyl (C=O) groups is 1. The summed E-state index contributed by atoms with van der Waals surface area (Å²) in [7, 11) is 1.64. The Morgan fingerprint density at radius 3 is 2.44 bits per heavy atom. The number of hydrogen-bond acceptors (Lipinski definition) is 2. The van der Waals surface area contributed by atoms with Crippen LogP contribution in [0, 0.1) is 17.8 Å². The topological polar surface area (TPSA) is 60.8 Å². The molecule has 0 bridgehead atoms. The van der Waals surface area contributed by atoms with Crippen molar-refractivity contribution >= 4 is 6.09 Å². The van der Waals surface area contributed by atoms with Crippen molar-refractivity contribution in [1.82, 2.24) is 4.90 Å². The third kappa shape index (κ3) is 3.74. The molecule has 0 atom stereocenters. The normalized spacial score (nSPS) is 24.4. The van der Waals surface area contributed by atoms with Crippen molar-refractivity contribution in [3.8, 4) is 11.8 Å². The molecular formula is C12H19NO3. The van der Waals surface area contributed by atoms with E-state index in [4.69, 9.17) is 10.2 Å². The number of carboxylic acid groups (broad SMARTS) is 1. The first-order valence-electron chi connectivity index (χ1n) is 5.67. The highest BCUT2D eigenvalue weighted by atomic mass is 16.4. The van der Waals surface area contributed by atoms with E-state index in [1.54, 1.807) is 7.05 Å². The number of rotatable bonds is 2. The van der Waals surface area contributed by atoms with Crippen LogP contribution in [0.25, 0.3) is 0 Å². The largest absolute Gasteiger partial charge is 0.465 e. The second kappa shape index (κ2) is 6.39. The predicted molar refractivity (Wildman–Crippen MR) is 61.0 cm³/mol. The second-order valence-electron chi connectivity index (χ2n) is 4.28. The Balaban J connectivity index is 2.31. The Bertz CT molecular complexity index is 284. The van der Waals surface area contributed by atoms with Gasteiger partial charge in [0.15, 0.2) is 0 Å². The molecule has 1 fully saturated rings. The monoisotopic (exact) mass is 225 g/mol. The Labute approximate surface area is 96.3 Å². The lowest BCUT2D eigenvalue weighted by atomic mass is 9.84. The molecule has 4 nitrogen and oxygen atoms in total. The standard InChI is InChI=1S/C12H19NO3/c1-13(12(15)16)11-7-5-10(6-8-11)4-2-3-9-14/h10-11,14H,4-9H2,1H3,(H,15,16). The quantitative estimate of drug-likeness (QED) is 0.701. The third-order valence-electron chi connectivity index (χ3n) is 3.26. The van der Waals surface area contributed by atoms with Crippen molar-refractivity contribution in [3.63, 3.8) is 0 Å². The summed E-state index contributed by atoms with van der Waals surface area (Å²) in [5.41, 5.74) is 0. The highest BCUT2D eigenvalue weighted by Gasteiger charge is 2.25. The van der Waals surface area contributed by atoms with Gasteiger partial charge in [-0.1, -0.05) is 5.92 Å². The van der Waals surface area contributed by atoms with Crippen molar-refractivity contribution in [2.75, 3.05) is 13.7 Å². The van der Waals surface area contributed by atoms with Crippen molar-refractivity contribution in [1.29, 1.82) is 0 Å². The van der Waals surface area contributed by atoms with Gasteiger partial charge < -0.3 is 15.1 Å². The lowest BCUT2D eigenvalue weighted by Crippen LogP contribution is -2.38. The number of amides is 1. The Morgan fingerprint density at radius 1 is 1.31 bits per heavy atom. The molecule has 16 heavy (non-hydrogen) atoms. The number of aliphatic hydroxyl groups is 1. The first-order valence-corrected chi connectivity index (χ1v) is 5.67. The van der Waals surface area contributed by atoms with Crippen LogP contribution >= 0.6 is 0 Å². The highest BCUT2D eigenvalue weighted by Crippen LogP contribution is 2.28. The molecule has 0 heterocycles. The first-order chi connectivity index (χ1) is 7.65. The molecule has 1 aliphatic rings. The van der Waals surface area contributed by atoms with Crippen molar-refractivity contribution in [3.05, 3.63) is 0 Å². The molecule has 1 amide bonds. The zero-order valence-corrected chi connectivity index (χ0v) is 9.65. The number of aliphatic hydroxyl groups excluding tert-OH is 1. The van der Waals surface area contributed by atoms with Gasteiger partial charge >= 0.3 is 6.09 Å². The Morgan fingerprint density at radius 2 is 1.94 bits per heavy atom. The highest BCUT2D eigenvalue weighted by molar-refractivity contribution is 5.64. The van der Waals surface area contributed by atoms with Gasteiger partial charge in [-0.25, -0.2) is 4.79 Å². The molecule has 0 aromatic rings. The maximum absolute atomic E-state index is 10.8. The zero-order chi connectivity index (χ0) is 12.0. The average molecular weight is 225 g/mol. The molecule has 1 rings (SSSR count). The summed E-state index contributed by atoms with van der Waals surface area (Å²) in [5, 5.41) is 17.4. The third-order valence-corrected chi connectivity index (χ3v) is 3.26. The van der Waals surface area contributed by atoms with Gasteiger partial charge in [-0.15, -0.1) is 5.92 Å². The van der Waals surface area contributed by atoms with E-state index in [9.17, 15) is 4.79 Å². The van der Waals surface area contributed by atoms with Crippen LogP contribution in [-0.4, -0.2) is 40.9 Å². The number of nitrogens with zero attached hydrogens (tertiary/aromatic N) is 1. The molecular weight excluding hydrogens is 206 g/mol. The van der Waals surface area contributed by atoms with E-state index in [-0.39, 0.29) is 12.6 Å². The van der Waals surface area contributed by atoms with Gasteiger partial charge in [0.2, 0.25) is 0 Å². The van der Waals surface area contributed by atoms with Gasteiger partial charge in [0.05, 0.1) is 0 Å². The average Bonchev–Trinajstić information content (AvgIpc) is 2.29. The summed E-state index contributed by atoms with van der Waals surface area (Å²) in [6.45, 7) is -0.0723. The Hall–Kier alpha value is -1.21. The number of hydrogen-bond donors (Lipinski definition) is 2. The molecule has 0 unspecified atom stereocenters. The summed E-state index contributed by atoms with van der Waals surface area (Å²) < 4.78 is 0. The molecule has 0 radical (unpaired) electrons. The van der Waals surface area contributed by atoms with Gasteiger partial charge in [0, 0.05) is 19.5 Å². The summed E-state index contributed by atoms with van der Waals surface area (Å²) >= 11 is 0. The van der Waals surface area contributed by atoms with Crippen LogP contribution in [0.15, 0.2) is 0 Å². The van der Waals surface area contributed by atoms with Crippen molar-refractivity contribution in [2.24, 2.45) is 5.92 Å². The lowest BCUT2D eigenvalue weighted by Gasteiger charge is -2.32. The van der Waals surface area contributed by atoms with Crippen molar-refractivity contribution in [2.45, 2.75) is 38.1 Å². The van der Waals surface area contributed by atoms with Crippen LogP contribution in [0.1, 0.15) is 32.1 Å². The maximum atomic E-state index is 10.8. The van der Waals surface area contributed by atoms with Crippen LogP contribution < -0.4 is 0 Å². The van der Waals surface area contributed by atoms with Crippen LogP contribution in [0.2, 0.25) is 0 Å². The molecule has 0 aromatic carbocycles. The van der Waals surface area contributed by atoms with Gasteiger partial charge in [-0.3, -0.25) is 0 Å². The molecule has 1 aliphatic carbocycles. The van der Waals surface area contributed by atoms with E-state index in [0.29, 0.717) is 5.92 Å². The molecule has 0 spiro atoms. The van der Waals surface area contributed by atoms with E-state index >= 15 is 0 Å². The van der Waals surface area contributed by atoms with E-state index in [1.165, 1.54) is 4.90 Å². The molecule has 90 valence electrons. The fourth-order valence-electron chi connectivity index (χ4n) is 2.16. The summed E-state index contributed by atoms with van der Waals surface area (Å²) in [4.78, 5) is 12.2. The van der Waals surface area contributed by atoms with E-state index in [0.717, 1.165) is 32.1 Å². The smallest absolute Gasteiger partial charge is 0.407 e. The van der Waals surface area contributed by atoms with E-state index in [2.05, 4.69) is 11.8 Å². The summed E-state index contributed by atoms with van der Waals surface area (Å²) in [5.74, 6) is 6.16. The zero-order valence-electron chi connectivity index (χ0n) is 9.65. The van der Waals surface area contributed by atoms with Gasteiger partial charge in [0.1, 0.15) is 6.61 Å². The first kappa shape index (κ1) is 12.9. The van der Waals surface area contributed by atoms with Crippen LogP contribution in [-0.2, 0) is 0 Å². The predicted octanol–water partition coefficient (Wildman–Crippen LogP) is 1.54. The van der Waals surface area contributed by atoms with Crippen LogP contribution in [0.4, 0.5) is 4.79 Å². The van der Waals surface area contributed by atoms with Gasteiger partial charge in [0.25, 0.3) is 0 Å². The molecule has 1 saturated carbocycles. The Kier molecular flexibility index (Phi) is 5.13. The van der Waals surface area contributed by atoms with E-state index in [1.807, 2.05) is 0 Å². The lowest BCUT2D eigenvalue weighted by molar-refractivity contribution is 0.119. The molecule has 0 aromatic heterocycles. The summed E-state index contributed by atoms with van der Waals surface area (Å²) in [6, 6.07) is 0.166. The van der Waals surface area contributed by atoms with Gasteiger partial charge in [-0.05, 0) is 31.6 Å². The second-order valence-corrected chi connectivity index (χ2v) is 4.28. The van der Waals surface area contributed by atoms with Crippen LogP contribution in [0.5, 0.6) is 0 Å². The summed E-state index contributed by atoms with van der Waals surface area (Å²) in [6.07, 6.45) is 3.89.